The van der Waals surface area contributed by atoms with Gasteiger partial charge in [-0.1, -0.05) is 34.5 Å². The number of thiol groups is 1. The van der Waals surface area contributed by atoms with Gasteiger partial charge in [0.15, 0.2) is 0 Å². The summed E-state index contributed by atoms with van der Waals surface area (Å²) in [4.78, 5) is 18.6. The Labute approximate surface area is 131 Å². The monoisotopic (exact) mass is 327 g/mol. The summed E-state index contributed by atoms with van der Waals surface area (Å²) in [5.74, 6) is 0.287. The third kappa shape index (κ3) is 2.97. The number of amides is 1. The Morgan fingerprint density at radius 3 is 2.50 bits per heavy atom. The van der Waals surface area contributed by atoms with E-state index in [-0.39, 0.29) is 4.75 Å². The molecule has 0 unspecified atom stereocenters. The summed E-state index contributed by atoms with van der Waals surface area (Å²) in [5, 5.41) is 0.460. The van der Waals surface area contributed by atoms with Crippen LogP contribution in [0.1, 0.15) is 30.0 Å². The van der Waals surface area contributed by atoms with Gasteiger partial charge in [0.25, 0.3) is 0 Å². The number of nitrogens with zero attached hydrogens (tertiary/aromatic N) is 1. The predicted octanol–water partition coefficient (Wildman–Crippen LogP) is 3.64. The Hall–Kier alpha value is -1.11. The quantitative estimate of drug-likeness (QED) is 0.593. The lowest BCUT2D eigenvalue weighted by molar-refractivity contribution is 0.100. The molecule has 0 fully saturated rings. The molecular weight excluding hydrogens is 314 g/mol. The second kappa shape index (κ2) is 5.71. The molecular formula is C13H14ClN3OS2. The van der Waals surface area contributed by atoms with Crippen LogP contribution in [0.25, 0.3) is 11.3 Å². The maximum atomic E-state index is 11.1. The predicted molar refractivity (Wildman–Crippen MR) is 87.2 cm³/mol. The minimum atomic E-state index is -0.460. The van der Waals surface area contributed by atoms with Gasteiger partial charge < -0.3 is 10.7 Å². The molecule has 1 aromatic heterocycles. The molecule has 0 atom stereocenters. The highest BCUT2D eigenvalue weighted by Gasteiger charge is 2.25. The van der Waals surface area contributed by atoms with Crippen molar-refractivity contribution in [1.29, 1.82) is 0 Å². The summed E-state index contributed by atoms with van der Waals surface area (Å²) in [7, 11) is 1.38. The molecule has 2 aromatic rings. The van der Waals surface area contributed by atoms with Crippen molar-refractivity contribution in [2.24, 2.45) is 5.73 Å². The topological polar surface area (TPSA) is 71.8 Å². The molecule has 7 heteroatoms. The lowest BCUT2D eigenvalue weighted by Crippen LogP contribution is -2.12. The molecule has 20 heavy (non-hydrogen) atoms. The van der Waals surface area contributed by atoms with Crippen molar-refractivity contribution in [2.75, 3.05) is 0 Å². The number of aromatic amines is 1. The van der Waals surface area contributed by atoms with E-state index in [2.05, 4.69) is 21.6 Å². The minimum absolute atomic E-state index is 0.280. The number of benzene rings is 1. The molecule has 3 N–H and O–H groups in total. The summed E-state index contributed by atoms with van der Waals surface area (Å²) < 4.78 is -0.280. The van der Waals surface area contributed by atoms with Gasteiger partial charge in [-0.15, -0.1) is 11.7 Å². The molecule has 106 valence electrons. The number of primary amides is 1. The Bertz CT molecular complexity index is 638. The standard InChI is InChI=1S/C13H14ClN3OS2/c1-13(2,20-19)12-16-9(10(14)17-12)7-3-5-8(6-4-7)11(15)18/h3-6,19H,1-2H3,(H2,15,18)(H,16,17). The van der Waals surface area contributed by atoms with Crippen LogP contribution in [-0.2, 0) is 4.75 Å². The fraction of sp³-hybridized carbons (Fsp3) is 0.231. The van der Waals surface area contributed by atoms with E-state index in [1.54, 1.807) is 24.3 Å². The Morgan fingerprint density at radius 2 is 2.00 bits per heavy atom. The molecule has 0 saturated carbocycles. The second-order valence-electron chi connectivity index (χ2n) is 4.79. The van der Waals surface area contributed by atoms with Crippen molar-refractivity contribution < 1.29 is 4.79 Å². The normalized spacial score (nSPS) is 11.6. The van der Waals surface area contributed by atoms with Gasteiger partial charge in [0.05, 0.1) is 4.75 Å². The van der Waals surface area contributed by atoms with E-state index < -0.39 is 5.91 Å². The van der Waals surface area contributed by atoms with Crippen molar-refractivity contribution in [3.05, 3.63) is 40.8 Å². The maximum Gasteiger partial charge on any atom is 0.248 e. The number of imidazole rings is 1. The number of rotatable bonds is 4. The molecule has 0 spiro atoms. The first-order valence-electron chi connectivity index (χ1n) is 5.84. The third-order valence-corrected chi connectivity index (χ3v) is 5.19. The Morgan fingerprint density at radius 1 is 1.40 bits per heavy atom. The van der Waals surface area contributed by atoms with Crippen LogP contribution in [0, 0.1) is 0 Å². The summed E-state index contributed by atoms with van der Waals surface area (Å²) in [6.07, 6.45) is 0. The second-order valence-corrected chi connectivity index (χ2v) is 6.92. The van der Waals surface area contributed by atoms with Crippen molar-refractivity contribution in [3.63, 3.8) is 0 Å². The van der Waals surface area contributed by atoms with Crippen LogP contribution in [0.2, 0.25) is 5.15 Å². The molecule has 1 amide bonds. The number of nitrogens with two attached hydrogens (primary N) is 1. The zero-order chi connectivity index (χ0) is 14.9. The highest BCUT2D eigenvalue weighted by molar-refractivity contribution is 8.68. The number of nitrogens with one attached hydrogen (secondary N) is 1. The van der Waals surface area contributed by atoms with Gasteiger partial charge in [0.1, 0.15) is 16.7 Å². The van der Waals surface area contributed by atoms with Crippen molar-refractivity contribution >= 4 is 40.0 Å². The largest absolute Gasteiger partial charge is 0.366 e. The lowest BCUT2D eigenvalue weighted by Gasteiger charge is -2.17. The molecule has 0 radical (unpaired) electrons. The van der Waals surface area contributed by atoms with E-state index in [0.29, 0.717) is 16.4 Å². The van der Waals surface area contributed by atoms with Gasteiger partial charge in [-0.25, -0.2) is 4.98 Å². The first-order chi connectivity index (χ1) is 9.35. The number of hydrogen-bond donors (Lipinski definition) is 3. The van der Waals surface area contributed by atoms with Crippen molar-refractivity contribution in [3.8, 4) is 11.3 Å². The van der Waals surface area contributed by atoms with Crippen molar-refractivity contribution in [1.82, 2.24) is 9.97 Å². The average Bonchev–Trinajstić information content (AvgIpc) is 2.81. The van der Waals surface area contributed by atoms with Crippen LogP contribution in [0.15, 0.2) is 24.3 Å². The van der Waals surface area contributed by atoms with Gasteiger partial charge >= 0.3 is 0 Å². The smallest absolute Gasteiger partial charge is 0.248 e. The summed E-state index contributed by atoms with van der Waals surface area (Å²) in [6.45, 7) is 4.00. The van der Waals surface area contributed by atoms with E-state index in [1.165, 1.54) is 10.8 Å². The molecule has 1 heterocycles. The van der Waals surface area contributed by atoms with Crippen LogP contribution >= 0.6 is 34.1 Å². The highest BCUT2D eigenvalue weighted by Crippen LogP contribution is 2.38. The SMILES string of the molecule is CC(C)(SS)c1nc(-c2ccc(C(N)=O)cc2)c(Cl)[nH]1. The van der Waals surface area contributed by atoms with Crippen LogP contribution in [0.5, 0.6) is 0 Å². The Balaban J connectivity index is 2.41. The number of aromatic nitrogens is 2. The Kier molecular flexibility index (Phi) is 4.36. The van der Waals surface area contributed by atoms with E-state index in [4.69, 9.17) is 17.3 Å². The number of hydrogen-bond acceptors (Lipinski definition) is 4. The molecule has 0 aliphatic heterocycles. The molecule has 4 nitrogen and oxygen atoms in total. The van der Waals surface area contributed by atoms with Gasteiger partial charge in [0, 0.05) is 11.1 Å². The number of halogens is 1. The van der Waals surface area contributed by atoms with Crippen LogP contribution in [0.3, 0.4) is 0 Å². The number of H-pyrrole nitrogens is 1. The fourth-order valence-corrected chi connectivity index (χ4v) is 2.35. The van der Waals surface area contributed by atoms with Gasteiger partial charge in [0.2, 0.25) is 5.91 Å². The van der Waals surface area contributed by atoms with Gasteiger partial charge in [-0.05, 0) is 26.0 Å². The fourth-order valence-electron chi connectivity index (χ4n) is 1.66. The van der Waals surface area contributed by atoms with E-state index in [0.717, 1.165) is 11.4 Å². The molecule has 1 aromatic carbocycles. The van der Waals surface area contributed by atoms with Crippen molar-refractivity contribution in [2.45, 2.75) is 18.6 Å². The van der Waals surface area contributed by atoms with E-state index in [1.807, 2.05) is 13.8 Å². The number of carbonyl (C=O) groups is 1. The van der Waals surface area contributed by atoms with E-state index in [9.17, 15) is 4.79 Å². The summed E-state index contributed by atoms with van der Waals surface area (Å²) in [5.41, 5.74) is 7.13. The highest BCUT2D eigenvalue weighted by atomic mass is 35.5. The van der Waals surface area contributed by atoms with E-state index >= 15 is 0 Å². The zero-order valence-corrected chi connectivity index (χ0v) is 13.4. The maximum absolute atomic E-state index is 11.1. The molecule has 0 bridgehead atoms. The number of carbonyl (C=O) groups excluding carboxylic acids is 1. The average molecular weight is 328 g/mol. The first kappa shape index (κ1) is 15.3. The van der Waals surface area contributed by atoms with Gasteiger partial charge in [-0.2, -0.15) is 0 Å². The zero-order valence-electron chi connectivity index (χ0n) is 11.0. The lowest BCUT2D eigenvalue weighted by atomic mass is 10.1. The minimum Gasteiger partial charge on any atom is -0.366 e. The summed E-state index contributed by atoms with van der Waals surface area (Å²) >= 11 is 10.4. The van der Waals surface area contributed by atoms with Crippen LogP contribution in [0.4, 0.5) is 0 Å². The molecule has 2 rings (SSSR count). The molecule has 0 aliphatic rings. The van der Waals surface area contributed by atoms with Gasteiger partial charge in [-0.3, -0.25) is 4.79 Å². The first-order valence-corrected chi connectivity index (χ1v) is 8.08. The molecule has 0 saturated heterocycles. The molecule has 0 aliphatic carbocycles. The van der Waals surface area contributed by atoms with Crippen LogP contribution < -0.4 is 5.73 Å². The van der Waals surface area contributed by atoms with Crippen LogP contribution in [-0.4, -0.2) is 15.9 Å². The third-order valence-electron chi connectivity index (χ3n) is 2.90. The summed E-state index contributed by atoms with van der Waals surface area (Å²) in [6, 6.07) is 6.85.